The lowest BCUT2D eigenvalue weighted by atomic mass is 10.2. The molecule has 1 aliphatic heterocycles. The topological polar surface area (TPSA) is 145 Å². The fourth-order valence-electron chi connectivity index (χ4n) is 3.26. The van der Waals surface area contributed by atoms with Gasteiger partial charge >= 0.3 is 11.9 Å². The standard InChI is InChI=1S/C18H18FN3O.C4H6O6/c19-15-9-3-5-11-17(15)22-16-10-4-2-8-14(16)18(20-22)23-21-12-6-1-7-13-21;5-1(3(7)8)2(6)4(9)10/h2-5,8-11H,1,6-7,12-13H2;1-2,5-6H,(H,7,8)(H,9,10). The molecule has 0 saturated carbocycles. The number of carboxylic acid groups (broad SMARTS) is 2. The third-order valence-electron chi connectivity index (χ3n) is 4.97. The average Bonchev–Trinajstić information content (AvgIpc) is 3.17. The molecule has 1 aromatic heterocycles. The maximum atomic E-state index is 14.2. The third kappa shape index (κ3) is 5.83. The maximum absolute atomic E-state index is 14.2. The van der Waals surface area contributed by atoms with Crippen LogP contribution in [-0.4, -0.2) is 72.5 Å². The van der Waals surface area contributed by atoms with E-state index in [1.54, 1.807) is 22.9 Å². The summed E-state index contributed by atoms with van der Waals surface area (Å²) < 4.78 is 15.8. The highest BCUT2D eigenvalue weighted by molar-refractivity contribution is 5.86. The van der Waals surface area contributed by atoms with Gasteiger partial charge in [0.15, 0.2) is 12.2 Å². The van der Waals surface area contributed by atoms with Crippen molar-refractivity contribution in [3.05, 3.63) is 54.3 Å². The Bertz CT molecular complexity index is 1100. The van der Waals surface area contributed by atoms with Gasteiger partial charge in [-0.1, -0.05) is 30.7 Å². The molecule has 4 rings (SSSR count). The van der Waals surface area contributed by atoms with Gasteiger partial charge in [-0.15, -0.1) is 10.2 Å². The lowest BCUT2D eigenvalue weighted by Crippen LogP contribution is -2.39. The van der Waals surface area contributed by atoms with Gasteiger partial charge in [0.1, 0.15) is 11.5 Å². The predicted octanol–water partition coefficient (Wildman–Crippen LogP) is 1.82. The molecule has 33 heavy (non-hydrogen) atoms. The number of aliphatic carboxylic acids is 2. The number of piperidine rings is 1. The summed E-state index contributed by atoms with van der Waals surface area (Å²) >= 11 is 0. The largest absolute Gasteiger partial charge is 0.479 e. The van der Waals surface area contributed by atoms with Crippen molar-refractivity contribution in [2.75, 3.05) is 13.1 Å². The number of aromatic nitrogens is 2. The number of benzene rings is 2. The van der Waals surface area contributed by atoms with Crippen molar-refractivity contribution in [3.8, 4) is 11.6 Å². The van der Waals surface area contributed by atoms with Gasteiger partial charge < -0.3 is 25.3 Å². The maximum Gasteiger partial charge on any atom is 0.335 e. The zero-order valence-corrected chi connectivity index (χ0v) is 17.5. The summed E-state index contributed by atoms with van der Waals surface area (Å²) in [5, 5.41) is 39.9. The molecule has 2 aromatic carbocycles. The average molecular weight is 461 g/mol. The zero-order valence-electron chi connectivity index (χ0n) is 17.5. The van der Waals surface area contributed by atoms with Gasteiger partial charge in [-0.25, -0.2) is 18.7 Å². The molecule has 10 nitrogen and oxygen atoms in total. The van der Waals surface area contributed by atoms with E-state index in [1.165, 1.54) is 12.5 Å². The summed E-state index contributed by atoms with van der Waals surface area (Å²) in [7, 11) is 0. The van der Waals surface area contributed by atoms with E-state index in [0.29, 0.717) is 11.6 Å². The fourth-order valence-corrected chi connectivity index (χ4v) is 3.26. The van der Waals surface area contributed by atoms with Crippen LogP contribution in [0.1, 0.15) is 19.3 Å². The molecule has 0 aliphatic carbocycles. The van der Waals surface area contributed by atoms with Crippen LogP contribution in [0, 0.1) is 5.82 Å². The number of hydrogen-bond acceptors (Lipinski definition) is 7. The van der Waals surface area contributed by atoms with Crippen molar-refractivity contribution in [3.63, 3.8) is 0 Å². The van der Waals surface area contributed by atoms with Crippen LogP contribution >= 0.6 is 0 Å². The molecular formula is C22H24FN3O7. The second-order valence-electron chi connectivity index (χ2n) is 7.33. The molecule has 2 unspecified atom stereocenters. The number of fused-ring (bicyclic) bond motifs is 1. The Labute approximate surface area is 188 Å². The van der Waals surface area contributed by atoms with E-state index in [4.69, 9.17) is 25.3 Å². The molecule has 2 atom stereocenters. The molecule has 4 N–H and O–H groups in total. The van der Waals surface area contributed by atoms with Gasteiger partial charge in [0.25, 0.3) is 5.88 Å². The highest BCUT2D eigenvalue weighted by Gasteiger charge is 2.29. The molecule has 2 heterocycles. The van der Waals surface area contributed by atoms with Gasteiger partial charge in [0.05, 0.1) is 10.9 Å². The molecule has 1 aliphatic rings. The molecule has 11 heteroatoms. The first kappa shape index (κ1) is 24.1. The second kappa shape index (κ2) is 10.9. The molecule has 3 aromatic rings. The van der Waals surface area contributed by atoms with Crippen LogP contribution in [0.4, 0.5) is 4.39 Å². The summed E-state index contributed by atoms with van der Waals surface area (Å²) in [6.07, 6.45) is -1.03. The van der Waals surface area contributed by atoms with Crippen LogP contribution in [0.5, 0.6) is 5.88 Å². The van der Waals surface area contributed by atoms with Crippen molar-refractivity contribution in [2.45, 2.75) is 31.5 Å². The lowest BCUT2D eigenvalue weighted by Gasteiger charge is -2.24. The van der Waals surface area contributed by atoms with Crippen LogP contribution in [-0.2, 0) is 9.59 Å². The minimum Gasteiger partial charge on any atom is -0.479 e. The number of carboxylic acids is 2. The monoisotopic (exact) mass is 461 g/mol. The summed E-state index contributed by atoms with van der Waals surface area (Å²) in [6, 6.07) is 14.4. The first-order chi connectivity index (χ1) is 15.8. The van der Waals surface area contributed by atoms with Gasteiger partial charge in [0.2, 0.25) is 0 Å². The molecule has 1 saturated heterocycles. The van der Waals surface area contributed by atoms with Crippen molar-refractivity contribution < 1.29 is 39.2 Å². The quantitative estimate of drug-likeness (QED) is 0.432. The van der Waals surface area contributed by atoms with Gasteiger partial charge in [-0.3, -0.25) is 0 Å². The molecule has 0 radical (unpaired) electrons. The number of rotatable bonds is 6. The van der Waals surface area contributed by atoms with E-state index in [-0.39, 0.29) is 5.82 Å². The van der Waals surface area contributed by atoms with E-state index in [9.17, 15) is 14.0 Å². The van der Waals surface area contributed by atoms with E-state index in [1.807, 2.05) is 29.3 Å². The van der Waals surface area contributed by atoms with Crippen LogP contribution in [0.2, 0.25) is 0 Å². The van der Waals surface area contributed by atoms with Gasteiger partial charge in [-0.2, -0.15) is 0 Å². The van der Waals surface area contributed by atoms with Gasteiger partial charge in [0, 0.05) is 13.1 Å². The Morgan fingerprint density at radius 3 is 2.09 bits per heavy atom. The number of hydroxylamine groups is 2. The third-order valence-corrected chi connectivity index (χ3v) is 4.97. The van der Waals surface area contributed by atoms with Gasteiger partial charge in [-0.05, 0) is 37.1 Å². The Morgan fingerprint density at radius 2 is 1.48 bits per heavy atom. The van der Waals surface area contributed by atoms with Crippen LogP contribution in [0.15, 0.2) is 48.5 Å². The first-order valence-corrected chi connectivity index (χ1v) is 10.3. The smallest absolute Gasteiger partial charge is 0.335 e. The predicted molar refractivity (Wildman–Crippen MR) is 114 cm³/mol. The van der Waals surface area contributed by atoms with Crippen molar-refractivity contribution >= 4 is 22.8 Å². The number of para-hydroxylation sites is 2. The lowest BCUT2D eigenvalue weighted by molar-refractivity contribution is -0.165. The summed E-state index contributed by atoms with van der Waals surface area (Å²) in [6.45, 7) is 1.81. The zero-order chi connectivity index (χ0) is 24.0. The van der Waals surface area contributed by atoms with Crippen molar-refractivity contribution in [1.29, 1.82) is 0 Å². The summed E-state index contributed by atoms with van der Waals surface area (Å²) in [4.78, 5) is 25.5. The Kier molecular flexibility index (Phi) is 7.93. The SMILES string of the molecule is Fc1ccccc1-n1nc(ON2CCCCC2)c2ccccc21.O=C(O)C(O)C(O)C(=O)O. The normalized spacial score (nSPS) is 15.8. The van der Waals surface area contributed by atoms with E-state index in [0.717, 1.165) is 36.8 Å². The minimum absolute atomic E-state index is 0.301. The van der Waals surface area contributed by atoms with E-state index >= 15 is 0 Å². The number of aliphatic hydroxyl groups is 2. The highest BCUT2D eigenvalue weighted by Crippen LogP contribution is 2.29. The number of carbonyl (C=O) groups is 2. The van der Waals surface area contributed by atoms with E-state index in [2.05, 4.69) is 5.10 Å². The minimum atomic E-state index is -2.27. The van der Waals surface area contributed by atoms with Crippen LogP contribution in [0.3, 0.4) is 0 Å². The Morgan fingerprint density at radius 1 is 0.909 bits per heavy atom. The number of hydrogen-bond donors (Lipinski definition) is 4. The summed E-state index contributed by atoms with van der Waals surface area (Å²) in [5.74, 6) is -3.30. The van der Waals surface area contributed by atoms with Crippen molar-refractivity contribution in [1.82, 2.24) is 14.8 Å². The Balaban J connectivity index is 0.000000262. The second-order valence-corrected chi connectivity index (χ2v) is 7.33. The van der Waals surface area contributed by atoms with Crippen LogP contribution < -0.4 is 4.84 Å². The highest BCUT2D eigenvalue weighted by atomic mass is 19.1. The van der Waals surface area contributed by atoms with Crippen molar-refractivity contribution in [2.24, 2.45) is 0 Å². The molecule has 0 amide bonds. The molecule has 1 fully saturated rings. The molecule has 176 valence electrons. The first-order valence-electron chi connectivity index (χ1n) is 10.3. The van der Waals surface area contributed by atoms with E-state index < -0.39 is 24.1 Å². The molecular weight excluding hydrogens is 437 g/mol. The Hall–Kier alpha value is -3.54. The molecule has 0 spiro atoms. The number of aliphatic hydroxyl groups excluding tert-OH is 2. The number of halogens is 1. The number of nitrogens with zero attached hydrogens (tertiary/aromatic N) is 3. The fraction of sp³-hybridized carbons (Fsp3) is 0.318. The summed E-state index contributed by atoms with van der Waals surface area (Å²) in [5.41, 5.74) is 1.27. The van der Waals surface area contributed by atoms with Crippen LogP contribution in [0.25, 0.3) is 16.6 Å². The molecule has 0 bridgehead atoms.